The van der Waals surface area contributed by atoms with Crippen LogP contribution in [-0.4, -0.2) is 45.8 Å². The lowest BCUT2D eigenvalue weighted by molar-refractivity contribution is -0.133. The quantitative estimate of drug-likeness (QED) is 0.818. The standard InChI is InChI=1S/C20H28ClNO4/c1-12(2)26-16-10-18(21)17(19(24)11-16)9-13-7-8-22(20(13)25)14-3-5-15(23)6-4-14/h10-15,23-24H,3-9H2,1-2H3. The monoisotopic (exact) mass is 381 g/mol. The molecule has 26 heavy (non-hydrogen) atoms. The van der Waals surface area contributed by atoms with Gasteiger partial charge in [-0.2, -0.15) is 0 Å². The highest BCUT2D eigenvalue weighted by Gasteiger charge is 2.37. The molecule has 1 heterocycles. The molecule has 6 heteroatoms. The van der Waals surface area contributed by atoms with Gasteiger partial charge in [-0.15, -0.1) is 0 Å². The third-order valence-electron chi connectivity index (χ3n) is 5.43. The Morgan fingerprint density at radius 2 is 1.92 bits per heavy atom. The number of benzene rings is 1. The molecule has 1 aliphatic carbocycles. The number of rotatable bonds is 5. The van der Waals surface area contributed by atoms with Gasteiger partial charge in [0, 0.05) is 30.1 Å². The van der Waals surface area contributed by atoms with E-state index in [9.17, 15) is 15.0 Å². The first-order valence-electron chi connectivity index (χ1n) is 9.51. The second-order valence-corrected chi connectivity index (χ2v) is 8.16. The predicted octanol–water partition coefficient (Wildman–Crippen LogP) is 3.53. The summed E-state index contributed by atoms with van der Waals surface area (Å²) in [4.78, 5) is 14.8. The average molecular weight is 382 g/mol. The molecule has 0 spiro atoms. The Balaban J connectivity index is 1.67. The highest BCUT2D eigenvalue weighted by Crippen LogP contribution is 2.37. The smallest absolute Gasteiger partial charge is 0.226 e. The van der Waals surface area contributed by atoms with E-state index in [-0.39, 0.29) is 35.8 Å². The molecule has 3 rings (SSSR count). The van der Waals surface area contributed by atoms with Gasteiger partial charge in [-0.1, -0.05) is 11.6 Å². The van der Waals surface area contributed by atoms with Crippen LogP contribution in [0.3, 0.4) is 0 Å². The first-order chi connectivity index (χ1) is 12.3. The van der Waals surface area contributed by atoms with Gasteiger partial charge in [0.2, 0.25) is 5.91 Å². The minimum atomic E-state index is -0.220. The fraction of sp³-hybridized carbons (Fsp3) is 0.650. The molecule has 1 atom stereocenters. The Hall–Kier alpha value is -1.46. The number of hydrogen-bond donors (Lipinski definition) is 2. The van der Waals surface area contributed by atoms with Crippen molar-refractivity contribution in [3.63, 3.8) is 0 Å². The molecule has 5 nitrogen and oxygen atoms in total. The topological polar surface area (TPSA) is 70.0 Å². The van der Waals surface area contributed by atoms with Gasteiger partial charge in [0.15, 0.2) is 0 Å². The molecule has 0 aromatic heterocycles. The van der Waals surface area contributed by atoms with Gasteiger partial charge in [-0.05, 0) is 58.4 Å². The number of aromatic hydroxyl groups is 1. The lowest BCUT2D eigenvalue weighted by Crippen LogP contribution is -2.41. The van der Waals surface area contributed by atoms with E-state index in [1.165, 1.54) is 0 Å². The molecular formula is C20H28ClNO4. The highest BCUT2D eigenvalue weighted by molar-refractivity contribution is 6.31. The summed E-state index contributed by atoms with van der Waals surface area (Å²) in [6.45, 7) is 4.57. The van der Waals surface area contributed by atoms with Crippen LogP contribution in [0, 0.1) is 5.92 Å². The molecule has 1 saturated carbocycles. The van der Waals surface area contributed by atoms with Gasteiger partial charge < -0.3 is 19.8 Å². The van der Waals surface area contributed by atoms with Gasteiger partial charge >= 0.3 is 0 Å². The molecule has 1 aliphatic heterocycles. The number of phenolic OH excluding ortho intramolecular Hbond substituents is 1. The molecule has 2 fully saturated rings. The highest BCUT2D eigenvalue weighted by atomic mass is 35.5. The van der Waals surface area contributed by atoms with E-state index in [2.05, 4.69) is 0 Å². The zero-order chi connectivity index (χ0) is 18.8. The number of ether oxygens (including phenoxy) is 1. The number of likely N-dealkylation sites (tertiary alicyclic amines) is 1. The van der Waals surface area contributed by atoms with Crippen LogP contribution in [-0.2, 0) is 11.2 Å². The summed E-state index contributed by atoms with van der Waals surface area (Å²) in [5, 5.41) is 20.5. The second-order valence-electron chi connectivity index (χ2n) is 7.75. The van der Waals surface area contributed by atoms with Gasteiger partial charge in [0.25, 0.3) is 0 Å². The van der Waals surface area contributed by atoms with Crippen LogP contribution in [0.15, 0.2) is 12.1 Å². The number of carbonyl (C=O) groups excluding carboxylic acids is 1. The van der Waals surface area contributed by atoms with Crippen molar-refractivity contribution in [2.45, 2.75) is 70.6 Å². The predicted molar refractivity (Wildman–Crippen MR) is 101 cm³/mol. The van der Waals surface area contributed by atoms with Crippen molar-refractivity contribution in [3.05, 3.63) is 22.7 Å². The van der Waals surface area contributed by atoms with Crippen LogP contribution in [0.2, 0.25) is 5.02 Å². The lowest BCUT2D eigenvalue weighted by Gasteiger charge is -2.33. The summed E-state index contributed by atoms with van der Waals surface area (Å²) in [6, 6.07) is 3.51. The van der Waals surface area contributed by atoms with Crippen LogP contribution in [0.1, 0.15) is 51.5 Å². The van der Waals surface area contributed by atoms with E-state index in [1.807, 2.05) is 18.7 Å². The molecule has 1 aromatic carbocycles. The van der Waals surface area contributed by atoms with Crippen molar-refractivity contribution in [1.29, 1.82) is 0 Å². The second kappa shape index (κ2) is 8.05. The number of halogens is 1. The van der Waals surface area contributed by atoms with Gasteiger partial charge in [0.1, 0.15) is 11.5 Å². The number of nitrogens with zero attached hydrogens (tertiary/aromatic N) is 1. The fourth-order valence-electron chi connectivity index (χ4n) is 4.07. The molecule has 0 radical (unpaired) electrons. The summed E-state index contributed by atoms with van der Waals surface area (Å²) < 4.78 is 5.59. The molecule has 1 unspecified atom stereocenters. The number of phenols is 1. The SMILES string of the molecule is CC(C)Oc1cc(O)c(CC2CCN(C3CCC(O)CC3)C2=O)c(Cl)c1. The van der Waals surface area contributed by atoms with Crippen molar-refractivity contribution in [1.82, 2.24) is 4.90 Å². The maximum atomic E-state index is 12.8. The third-order valence-corrected chi connectivity index (χ3v) is 5.76. The Kier molecular flexibility index (Phi) is 5.98. The number of hydrogen-bond acceptors (Lipinski definition) is 4. The largest absolute Gasteiger partial charge is 0.507 e. The van der Waals surface area contributed by atoms with Crippen molar-refractivity contribution in [3.8, 4) is 11.5 Å². The van der Waals surface area contributed by atoms with Crippen LogP contribution >= 0.6 is 11.6 Å². The van der Waals surface area contributed by atoms with Crippen LogP contribution < -0.4 is 4.74 Å². The third kappa shape index (κ3) is 4.26. The Labute approximate surface area is 159 Å². The first kappa shape index (κ1) is 19.3. The maximum Gasteiger partial charge on any atom is 0.226 e. The summed E-state index contributed by atoms with van der Waals surface area (Å²) in [5.41, 5.74) is 0.613. The van der Waals surface area contributed by atoms with Crippen LogP contribution in [0.4, 0.5) is 0 Å². The van der Waals surface area contributed by atoms with Crippen molar-refractivity contribution >= 4 is 17.5 Å². The van der Waals surface area contributed by atoms with E-state index in [0.29, 0.717) is 22.8 Å². The van der Waals surface area contributed by atoms with E-state index in [0.717, 1.165) is 38.6 Å². The molecule has 0 bridgehead atoms. The summed E-state index contributed by atoms with van der Waals surface area (Å²) in [5.74, 6) is 0.609. The molecule has 2 N–H and O–H groups in total. The molecular weight excluding hydrogens is 354 g/mol. The minimum Gasteiger partial charge on any atom is -0.507 e. The van der Waals surface area contributed by atoms with E-state index < -0.39 is 0 Å². The number of amides is 1. The van der Waals surface area contributed by atoms with Crippen molar-refractivity contribution in [2.24, 2.45) is 5.92 Å². The van der Waals surface area contributed by atoms with Crippen molar-refractivity contribution < 1.29 is 19.7 Å². The lowest BCUT2D eigenvalue weighted by atomic mass is 9.92. The first-order valence-corrected chi connectivity index (χ1v) is 9.89. The zero-order valence-electron chi connectivity index (χ0n) is 15.4. The molecule has 1 amide bonds. The molecule has 1 aromatic rings. The fourth-order valence-corrected chi connectivity index (χ4v) is 4.35. The van der Waals surface area contributed by atoms with E-state index >= 15 is 0 Å². The average Bonchev–Trinajstić information content (AvgIpc) is 2.92. The molecule has 2 aliphatic rings. The van der Waals surface area contributed by atoms with E-state index in [1.54, 1.807) is 12.1 Å². The Bertz CT molecular complexity index is 632. The summed E-state index contributed by atoms with van der Waals surface area (Å²) in [6.07, 6.45) is 4.26. The van der Waals surface area contributed by atoms with Gasteiger partial charge in [0.05, 0.1) is 17.2 Å². The number of aliphatic hydroxyl groups is 1. The van der Waals surface area contributed by atoms with Crippen molar-refractivity contribution in [2.75, 3.05) is 6.54 Å². The Morgan fingerprint density at radius 3 is 2.54 bits per heavy atom. The molecule has 144 valence electrons. The van der Waals surface area contributed by atoms with Crippen LogP contribution in [0.5, 0.6) is 11.5 Å². The molecule has 1 saturated heterocycles. The maximum absolute atomic E-state index is 12.8. The minimum absolute atomic E-state index is 0.00436. The zero-order valence-corrected chi connectivity index (χ0v) is 16.2. The van der Waals surface area contributed by atoms with Gasteiger partial charge in [-0.3, -0.25) is 4.79 Å². The Morgan fingerprint density at radius 1 is 1.23 bits per heavy atom. The summed E-state index contributed by atoms with van der Waals surface area (Å²) in [7, 11) is 0. The van der Waals surface area contributed by atoms with Gasteiger partial charge in [-0.25, -0.2) is 0 Å². The number of carbonyl (C=O) groups is 1. The summed E-state index contributed by atoms with van der Waals surface area (Å²) >= 11 is 6.35. The normalized spacial score (nSPS) is 26.6. The van der Waals surface area contributed by atoms with E-state index in [4.69, 9.17) is 16.3 Å². The van der Waals surface area contributed by atoms with Crippen LogP contribution in [0.25, 0.3) is 0 Å². The number of aliphatic hydroxyl groups excluding tert-OH is 1.